The molecule has 0 saturated carbocycles. The molecule has 1 heterocycles. The van der Waals surface area contributed by atoms with E-state index in [9.17, 15) is 14.4 Å². The largest absolute Gasteiger partial charge is 0.468 e. The van der Waals surface area contributed by atoms with Crippen molar-refractivity contribution in [2.75, 3.05) is 26.7 Å². The van der Waals surface area contributed by atoms with E-state index in [1.165, 1.54) is 7.11 Å². The molecule has 0 radical (unpaired) electrons. The van der Waals surface area contributed by atoms with E-state index in [4.69, 9.17) is 9.47 Å². The highest BCUT2D eigenvalue weighted by atomic mass is 16.6. The van der Waals surface area contributed by atoms with E-state index in [0.29, 0.717) is 13.1 Å². The quantitative estimate of drug-likeness (QED) is 0.714. The van der Waals surface area contributed by atoms with Crippen molar-refractivity contribution in [1.82, 2.24) is 9.80 Å². The first-order valence-corrected chi connectivity index (χ1v) is 9.10. The lowest BCUT2D eigenvalue weighted by Crippen LogP contribution is -2.57. The number of hydrogen-bond acceptors (Lipinski definition) is 5. The first-order chi connectivity index (χ1) is 11.7. The summed E-state index contributed by atoms with van der Waals surface area (Å²) in [4.78, 5) is 40.4. The number of nitrogens with zero attached hydrogens (tertiary/aromatic N) is 2. The number of amides is 2. The Balaban J connectivity index is 3.03. The second-order valence-corrected chi connectivity index (χ2v) is 9.14. The number of carbonyl (C=O) groups excluding carboxylic acids is 3. The molecule has 1 aliphatic heterocycles. The van der Waals surface area contributed by atoms with Crippen molar-refractivity contribution in [2.45, 2.75) is 66.5 Å². The second kappa shape index (κ2) is 8.27. The Kier molecular flexibility index (Phi) is 7.08. The van der Waals surface area contributed by atoms with Crippen molar-refractivity contribution in [1.29, 1.82) is 0 Å². The Hall–Kier alpha value is -1.79. The molecule has 0 aromatic carbocycles. The van der Waals surface area contributed by atoms with E-state index in [2.05, 4.69) is 0 Å². The number of esters is 1. The minimum atomic E-state index is -0.633. The topological polar surface area (TPSA) is 76.2 Å². The van der Waals surface area contributed by atoms with Crippen LogP contribution in [0.15, 0.2) is 0 Å². The molecular formula is C19H34N2O5. The lowest BCUT2D eigenvalue weighted by Gasteiger charge is -2.43. The molecule has 2 atom stereocenters. The van der Waals surface area contributed by atoms with Crippen molar-refractivity contribution in [3.05, 3.63) is 0 Å². The summed E-state index contributed by atoms with van der Waals surface area (Å²) in [6.07, 6.45) is 0.327. The fourth-order valence-electron chi connectivity index (χ4n) is 3.02. The molecule has 1 unspecified atom stereocenters. The molecule has 0 aromatic rings. The number of rotatable bonds is 3. The zero-order valence-corrected chi connectivity index (χ0v) is 17.4. The number of likely N-dealkylation sites (tertiary alicyclic amines) is 1. The molecule has 1 rings (SSSR count). The Morgan fingerprint density at radius 2 is 1.65 bits per heavy atom. The van der Waals surface area contributed by atoms with Crippen LogP contribution in [-0.2, 0) is 19.1 Å². The summed E-state index contributed by atoms with van der Waals surface area (Å²) in [6.45, 7) is 13.7. The number of ether oxygens (including phenoxy) is 2. The molecule has 1 fully saturated rings. The van der Waals surface area contributed by atoms with Gasteiger partial charge in [0, 0.05) is 18.5 Å². The maximum atomic E-state index is 12.9. The average Bonchev–Trinajstić information content (AvgIpc) is 2.48. The molecule has 150 valence electrons. The van der Waals surface area contributed by atoms with Crippen LogP contribution in [0.4, 0.5) is 4.79 Å². The molecule has 2 amide bonds. The van der Waals surface area contributed by atoms with Gasteiger partial charge in [0.15, 0.2) is 0 Å². The van der Waals surface area contributed by atoms with Gasteiger partial charge >= 0.3 is 12.1 Å². The summed E-state index contributed by atoms with van der Waals surface area (Å²) in [5, 5.41) is 0. The van der Waals surface area contributed by atoms with E-state index >= 15 is 0 Å². The lowest BCUT2D eigenvalue weighted by atomic mass is 9.90. The third kappa shape index (κ3) is 6.50. The number of hydrogen-bond donors (Lipinski definition) is 0. The molecule has 0 N–H and O–H groups in total. The van der Waals surface area contributed by atoms with Crippen LogP contribution in [0.5, 0.6) is 0 Å². The summed E-state index contributed by atoms with van der Waals surface area (Å²) in [6, 6.07) is -0.253. The first kappa shape index (κ1) is 22.3. The minimum absolute atomic E-state index is 0.119. The first-order valence-electron chi connectivity index (χ1n) is 9.10. The highest BCUT2D eigenvalue weighted by Gasteiger charge is 2.39. The molecule has 1 aliphatic rings. The normalized spacial score (nSPS) is 21.2. The van der Waals surface area contributed by atoms with Crippen molar-refractivity contribution >= 4 is 18.0 Å². The summed E-state index contributed by atoms with van der Waals surface area (Å²) < 4.78 is 10.2. The third-order valence-electron chi connectivity index (χ3n) is 4.16. The molecular weight excluding hydrogens is 336 g/mol. The standard InChI is InChI=1S/C19H34N2O5/c1-13-9-14(11-20(10-13)17(24)26-19(5,6)7)21(12-15(22)25-8)16(23)18(2,3)4/h13-14H,9-12H2,1-8H3/t13?,14-/m0/s1. The van der Waals surface area contributed by atoms with E-state index in [1.54, 1.807) is 9.80 Å². The summed E-state index contributed by atoms with van der Waals surface area (Å²) in [7, 11) is 1.30. The van der Waals surface area contributed by atoms with Gasteiger partial charge in [0.2, 0.25) is 5.91 Å². The Labute approximate surface area is 157 Å². The van der Waals surface area contributed by atoms with Crippen molar-refractivity contribution in [3.63, 3.8) is 0 Å². The van der Waals surface area contributed by atoms with Gasteiger partial charge in [0.25, 0.3) is 0 Å². The SMILES string of the molecule is COC(=O)CN(C(=O)C(C)(C)C)[C@H]1CC(C)CN(C(=O)OC(C)(C)C)C1. The van der Waals surface area contributed by atoms with Crippen LogP contribution in [0, 0.1) is 11.3 Å². The maximum Gasteiger partial charge on any atom is 0.410 e. The average molecular weight is 370 g/mol. The smallest absolute Gasteiger partial charge is 0.410 e. The number of methoxy groups -OCH3 is 1. The third-order valence-corrected chi connectivity index (χ3v) is 4.16. The van der Waals surface area contributed by atoms with Crippen LogP contribution >= 0.6 is 0 Å². The van der Waals surface area contributed by atoms with Gasteiger partial charge < -0.3 is 19.3 Å². The molecule has 0 bridgehead atoms. The van der Waals surface area contributed by atoms with Gasteiger partial charge in [-0.05, 0) is 33.1 Å². The number of carbonyl (C=O) groups is 3. The fourth-order valence-corrected chi connectivity index (χ4v) is 3.02. The zero-order valence-electron chi connectivity index (χ0n) is 17.4. The van der Waals surface area contributed by atoms with Crippen LogP contribution in [0.3, 0.4) is 0 Å². The maximum absolute atomic E-state index is 12.9. The van der Waals surface area contributed by atoms with Crippen LogP contribution in [0.2, 0.25) is 0 Å². The van der Waals surface area contributed by atoms with E-state index in [0.717, 1.165) is 6.42 Å². The predicted octanol–water partition coefficient (Wildman–Crippen LogP) is 2.68. The number of piperidine rings is 1. The van der Waals surface area contributed by atoms with Gasteiger partial charge in [0.1, 0.15) is 12.1 Å². The van der Waals surface area contributed by atoms with Gasteiger partial charge in [-0.25, -0.2) is 4.79 Å². The zero-order chi connectivity index (χ0) is 20.3. The van der Waals surface area contributed by atoms with Crippen LogP contribution in [0.1, 0.15) is 54.9 Å². The van der Waals surface area contributed by atoms with E-state index < -0.39 is 23.1 Å². The summed E-state index contributed by atoms with van der Waals surface area (Å²) in [5.74, 6) is -0.412. The van der Waals surface area contributed by atoms with Gasteiger partial charge in [-0.1, -0.05) is 27.7 Å². The molecule has 26 heavy (non-hydrogen) atoms. The van der Waals surface area contributed by atoms with Crippen molar-refractivity contribution < 1.29 is 23.9 Å². The molecule has 7 nitrogen and oxygen atoms in total. The summed E-state index contributed by atoms with van der Waals surface area (Å²) in [5.41, 5.74) is -1.22. The highest BCUT2D eigenvalue weighted by Crippen LogP contribution is 2.26. The van der Waals surface area contributed by atoms with Gasteiger partial charge in [-0.2, -0.15) is 0 Å². The van der Waals surface area contributed by atoms with Gasteiger partial charge in [0.05, 0.1) is 13.2 Å². The second-order valence-electron chi connectivity index (χ2n) is 9.14. The molecule has 0 spiro atoms. The Morgan fingerprint density at radius 3 is 2.12 bits per heavy atom. The highest BCUT2D eigenvalue weighted by molar-refractivity contribution is 5.86. The van der Waals surface area contributed by atoms with Gasteiger partial charge in [-0.3, -0.25) is 9.59 Å². The summed E-state index contributed by atoms with van der Waals surface area (Å²) >= 11 is 0. The molecule has 7 heteroatoms. The van der Waals surface area contributed by atoms with Crippen molar-refractivity contribution in [2.24, 2.45) is 11.3 Å². The Morgan fingerprint density at radius 1 is 1.08 bits per heavy atom. The van der Waals surface area contributed by atoms with Gasteiger partial charge in [-0.15, -0.1) is 0 Å². The monoisotopic (exact) mass is 370 g/mol. The molecule has 0 aromatic heterocycles. The Bertz CT molecular complexity index is 533. The molecule has 1 saturated heterocycles. The van der Waals surface area contributed by atoms with Crippen LogP contribution < -0.4 is 0 Å². The van der Waals surface area contributed by atoms with Crippen LogP contribution in [-0.4, -0.2) is 66.2 Å². The molecule has 0 aliphatic carbocycles. The fraction of sp³-hybridized carbons (Fsp3) is 0.842. The van der Waals surface area contributed by atoms with E-state index in [1.807, 2.05) is 48.5 Å². The van der Waals surface area contributed by atoms with Crippen molar-refractivity contribution in [3.8, 4) is 0 Å². The minimum Gasteiger partial charge on any atom is -0.468 e. The van der Waals surface area contributed by atoms with Crippen LogP contribution in [0.25, 0.3) is 0 Å². The van der Waals surface area contributed by atoms with E-state index in [-0.39, 0.29) is 24.4 Å². The lowest BCUT2D eigenvalue weighted by molar-refractivity contribution is -0.153. The predicted molar refractivity (Wildman–Crippen MR) is 98.6 cm³/mol.